The van der Waals surface area contributed by atoms with Gasteiger partial charge in [-0.1, -0.05) is 163 Å². The summed E-state index contributed by atoms with van der Waals surface area (Å²) < 4.78 is 5.44. The largest absolute Gasteiger partial charge is 0.355 e. The molecule has 4 aliphatic rings. The molecule has 1 fully saturated rings. The van der Waals surface area contributed by atoms with Gasteiger partial charge in [-0.15, -0.1) is 11.3 Å². The van der Waals surface area contributed by atoms with E-state index in [2.05, 4.69) is 220 Å². The molecule has 76 heavy (non-hydrogen) atoms. The van der Waals surface area contributed by atoms with Crippen molar-refractivity contribution in [3.8, 4) is 16.8 Å². The van der Waals surface area contributed by atoms with E-state index < -0.39 is 0 Å². The molecular weight excluding hydrogens is 938 g/mol. The molecule has 1 saturated carbocycles. The normalized spacial score (nSPS) is 20.5. The van der Waals surface area contributed by atoms with Crippen molar-refractivity contribution in [3.63, 3.8) is 0 Å². The van der Waals surface area contributed by atoms with Gasteiger partial charge in [0.05, 0.1) is 22.3 Å². The summed E-state index contributed by atoms with van der Waals surface area (Å²) in [5, 5.41) is 9.67. The number of nitrogens with zero attached hydrogens (tertiary/aromatic N) is 2. The molecule has 2 aliphatic carbocycles. The Balaban J connectivity index is 1.16. The summed E-state index contributed by atoms with van der Waals surface area (Å²) in [5.74, 6) is 0. The van der Waals surface area contributed by atoms with Crippen molar-refractivity contribution in [1.29, 1.82) is 0 Å². The minimum absolute atomic E-state index is 0.000365. The van der Waals surface area contributed by atoms with Crippen LogP contribution in [-0.2, 0) is 33.5 Å². The molecule has 0 saturated heterocycles. The highest BCUT2D eigenvalue weighted by atomic mass is 32.1. The van der Waals surface area contributed by atoms with Crippen LogP contribution in [0.2, 0.25) is 0 Å². The van der Waals surface area contributed by atoms with Gasteiger partial charge >= 0.3 is 0 Å². The first-order valence-corrected chi connectivity index (χ1v) is 30.0. The van der Waals surface area contributed by atoms with E-state index in [0.29, 0.717) is 0 Å². The average Bonchev–Trinajstić information content (AvgIpc) is 4.22. The molecular formula is C71H80BN3S. The van der Waals surface area contributed by atoms with Gasteiger partial charge in [0, 0.05) is 64.7 Å². The molecule has 7 aromatic carbocycles. The van der Waals surface area contributed by atoms with E-state index in [9.17, 15) is 0 Å². The predicted octanol–water partition coefficient (Wildman–Crippen LogP) is 18.7. The Labute approximate surface area is 458 Å². The van der Waals surface area contributed by atoms with E-state index >= 15 is 0 Å². The molecule has 0 amide bonds. The third-order valence-electron chi connectivity index (χ3n) is 20.0. The van der Waals surface area contributed by atoms with E-state index in [1.807, 2.05) is 11.3 Å². The first kappa shape index (κ1) is 49.8. The minimum atomic E-state index is -0.131. The Morgan fingerprint density at radius 3 is 2.00 bits per heavy atom. The van der Waals surface area contributed by atoms with Crippen LogP contribution in [0.4, 0.5) is 22.7 Å². The SMILES string of the molecule is CCCCCc1ccc(Nc2cc3sc4cc5c(cc4c3cc2-c2cc(N3c4ccccc4C4(C)CCCCC34C)c3c4cc(C(C)(C)C)ccc4n4c3c2Bc2cc(C(C)(C)C)ccc2-4)C(C)(C)CCC5(C)C)cc1. The van der Waals surface area contributed by atoms with Crippen molar-refractivity contribution < 1.29 is 0 Å². The third kappa shape index (κ3) is 7.47. The molecule has 2 unspecified atom stereocenters. The van der Waals surface area contributed by atoms with Gasteiger partial charge < -0.3 is 14.8 Å². The lowest BCUT2D eigenvalue weighted by atomic mass is 9.58. The van der Waals surface area contributed by atoms with Gasteiger partial charge in [-0.25, -0.2) is 0 Å². The van der Waals surface area contributed by atoms with Crippen molar-refractivity contribution in [2.45, 2.75) is 187 Å². The average molecular weight is 1020 g/mol. The Hall–Kier alpha value is -5.78. The summed E-state index contributed by atoms with van der Waals surface area (Å²) in [4.78, 5) is 2.88. The molecule has 1 N–H and O–H groups in total. The van der Waals surface area contributed by atoms with E-state index in [1.54, 1.807) is 0 Å². The molecule has 0 radical (unpaired) electrons. The number of aryl methyl sites for hydroxylation is 1. The Bertz CT molecular complexity index is 3850. The number of aromatic nitrogens is 1. The second-order valence-electron chi connectivity index (χ2n) is 27.8. The van der Waals surface area contributed by atoms with Crippen molar-refractivity contribution in [1.82, 2.24) is 4.57 Å². The number of anilines is 4. The maximum absolute atomic E-state index is 4.16. The number of fused-ring (bicyclic) bond motifs is 12. The monoisotopic (exact) mass is 1020 g/mol. The molecule has 2 aromatic heterocycles. The number of hydrogen-bond donors (Lipinski definition) is 1. The first-order valence-electron chi connectivity index (χ1n) is 29.2. The molecule has 388 valence electrons. The zero-order valence-electron chi connectivity index (χ0n) is 48.1. The van der Waals surface area contributed by atoms with Gasteiger partial charge in [-0.2, -0.15) is 0 Å². The molecule has 0 spiro atoms. The highest BCUT2D eigenvalue weighted by molar-refractivity contribution is 7.25. The van der Waals surface area contributed by atoms with Gasteiger partial charge in [-0.05, 0) is 178 Å². The summed E-state index contributed by atoms with van der Waals surface area (Å²) in [5.41, 5.74) is 23.3. The number of benzene rings is 7. The summed E-state index contributed by atoms with van der Waals surface area (Å²) in [6.07, 6.45) is 12.1. The summed E-state index contributed by atoms with van der Waals surface area (Å²) in [7, 11) is 0.852. The Kier molecular flexibility index (Phi) is 11.2. The Morgan fingerprint density at radius 2 is 1.26 bits per heavy atom. The zero-order chi connectivity index (χ0) is 53.1. The van der Waals surface area contributed by atoms with Crippen LogP contribution in [0.5, 0.6) is 0 Å². The van der Waals surface area contributed by atoms with Crippen LogP contribution in [-0.4, -0.2) is 17.4 Å². The number of para-hydroxylation sites is 1. The fourth-order valence-electron chi connectivity index (χ4n) is 14.9. The third-order valence-corrected chi connectivity index (χ3v) is 21.1. The van der Waals surface area contributed by atoms with Crippen LogP contribution in [0.3, 0.4) is 0 Å². The topological polar surface area (TPSA) is 20.2 Å². The van der Waals surface area contributed by atoms with Crippen LogP contribution in [0.15, 0.2) is 115 Å². The Morgan fingerprint density at radius 1 is 0.592 bits per heavy atom. The lowest BCUT2D eigenvalue weighted by molar-refractivity contribution is 0.195. The first-order chi connectivity index (χ1) is 36.1. The van der Waals surface area contributed by atoms with Gasteiger partial charge in [0.25, 0.3) is 0 Å². The molecule has 2 aliphatic heterocycles. The van der Waals surface area contributed by atoms with E-state index in [4.69, 9.17) is 0 Å². The molecule has 3 nitrogen and oxygen atoms in total. The second-order valence-corrected chi connectivity index (χ2v) is 28.9. The van der Waals surface area contributed by atoms with Gasteiger partial charge in [-0.3, -0.25) is 0 Å². The molecule has 9 aromatic rings. The van der Waals surface area contributed by atoms with Crippen molar-refractivity contribution in [2.75, 3.05) is 10.2 Å². The number of rotatable bonds is 8. The molecule has 13 rings (SSSR count). The lowest BCUT2D eigenvalue weighted by Crippen LogP contribution is -2.54. The van der Waals surface area contributed by atoms with Crippen molar-refractivity contribution in [3.05, 3.63) is 149 Å². The van der Waals surface area contributed by atoms with Gasteiger partial charge in [0.15, 0.2) is 7.28 Å². The number of thiophene rings is 1. The predicted molar refractivity (Wildman–Crippen MR) is 334 cm³/mol. The number of nitrogens with one attached hydrogen (secondary N) is 1. The summed E-state index contributed by atoms with van der Waals surface area (Å²) in [6, 6.07) is 46.8. The van der Waals surface area contributed by atoms with Crippen LogP contribution in [0, 0.1) is 0 Å². The van der Waals surface area contributed by atoms with Crippen LogP contribution in [0.1, 0.15) is 181 Å². The highest BCUT2D eigenvalue weighted by Crippen LogP contribution is 2.62. The summed E-state index contributed by atoms with van der Waals surface area (Å²) in [6.45, 7) is 31.6. The summed E-state index contributed by atoms with van der Waals surface area (Å²) >= 11 is 1.98. The van der Waals surface area contributed by atoms with Crippen molar-refractivity contribution >= 4 is 94.3 Å². The van der Waals surface area contributed by atoms with Gasteiger partial charge in [0.1, 0.15) is 0 Å². The smallest absolute Gasteiger partial charge is 0.198 e. The molecule has 2 atom stereocenters. The maximum Gasteiger partial charge on any atom is 0.198 e. The fraction of sp³-hybridized carbons (Fsp3) is 0.408. The van der Waals surface area contributed by atoms with Crippen molar-refractivity contribution in [2.24, 2.45) is 0 Å². The maximum atomic E-state index is 4.16. The molecule has 4 heterocycles. The van der Waals surface area contributed by atoms with E-state index in [1.165, 1.54) is 172 Å². The zero-order valence-corrected chi connectivity index (χ0v) is 48.9. The van der Waals surface area contributed by atoms with Gasteiger partial charge in [0.2, 0.25) is 0 Å². The van der Waals surface area contributed by atoms with E-state index in [-0.39, 0.29) is 32.6 Å². The van der Waals surface area contributed by atoms with Crippen LogP contribution >= 0.6 is 11.3 Å². The second kappa shape index (κ2) is 17.1. The van der Waals surface area contributed by atoms with E-state index in [0.717, 1.165) is 25.8 Å². The number of hydrogen-bond acceptors (Lipinski definition) is 3. The molecule has 0 bridgehead atoms. The highest BCUT2D eigenvalue weighted by Gasteiger charge is 2.58. The number of unbranched alkanes of at least 4 members (excludes halogenated alkanes) is 2. The molecule has 5 heteroatoms. The van der Waals surface area contributed by atoms with Crippen LogP contribution < -0.4 is 21.1 Å². The lowest BCUT2D eigenvalue weighted by Gasteiger charge is -2.50. The quantitative estimate of drug-likeness (QED) is 0.121. The minimum Gasteiger partial charge on any atom is -0.355 e. The van der Waals surface area contributed by atoms with Crippen LogP contribution in [0.25, 0.3) is 58.8 Å². The fourth-order valence-corrected chi connectivity index (χ4v) is 16.1. The standard InChI is InChI=1S/C71H80BN3S/c1-14-15-16-21-43-24-28-46(29-25-43)73-56-42-62-48(49-39-53-54(41-61(49)76-62)69(10,11)35-34-68(53,8)9)38-47(56)50-40-60(75-58-23-18-17-22-52(58)70(12)32-19-20-33-71(70,75)13)63-51-36-44(66(2,3)4)26-30-57(51)74-59-31-27-45(67(5,6)7)37-55(59)72-64(50)65(63)74/h17-18,22-31,36-42,72-73H,14-16,19-21,32-35H2,1-13H3.